The van der Waals surface area contributed by atoms with E-state index >= 15 is 0 Å². The van der Waals surface area contributed by atoms with Crippen molar-refractivity contribution in [2.75, 3.05) is 12.4 Å². The molecule has 1 N–H and O–H groups in total. The van der Waals surface area contributed by atoms with Crippen molar-refractivity contribution < 1.29 is 4.74 Å². The Labute approximate surface area is 92.1 Å². The van der Waals surface area contributed by atoms with Gasteiger partial charge in [-0.05, 0) is 19.1 Å². The van der Waals surface area contributed by atoms with Gasteiger partial charge in [0.05, 0.1) is 7.11 Å². The third-order valence-corrected chi connectivity index (χ3v) is 2.51. The first-order valence-electron chi connectivity index (χ1n) is 4.49. The molecule has 0 amide bonds. The Kier molecular flexibility index (Phi) is 2.82. The van der Waals surface area contributed by atoms with Crippen molar-refractivity contribution >= 4 is 22.4 Å². The topological polar surface area (TPSA) is 47.0 Å². The predicted octanol–water partition coefficient (Wildman–Crippen LogP) is 2.60. The van der Waals surface area contributed by atoms with E-state index in [1.165, 1.54) is 17.1 Å². The molecule has 0 aliphatic carbocycles. The van der Waals surface area contributed by atoms with Crippen LogP contribution in [0.1, 0.15) is 5.56 Å². The SMILES string of the molecule is COc1nsc(Nc2ccc(C)cc2)n1. The van der Waals surface area contributed by atoms with E-state index in [9.17, 15) is 0 Å². The number of nitrogens with one attached hydrogen (secondary N) is 1. The van der Waals surface area contributed by atoms with Crippen LogP contribution < -0.4 is 10.1 Å². The van der Waals surface area contributed by atoms with E-state index in [4.69, 9.17) is 4.74 Å². The van der Waals surface area contributed by atoms with E-state index in [1.807, 2.05) is 24.3 Å². The number of ether oxygens (including phenoxy) is 1. The van der Waals surface area contributed by atoms with Crippen molar-refractivity contribution in [1.29, 1.82) is 0 Å². The summed E-state index contributed by atoms with van der Waals surface area (Å²) >= 11 is 1.28. The van der Waals surface area contributed by atoms with Crippen LogP contribution >= 0.6 is 11.5 Å². The number of anilines is 2. The first-order chi connectivity index (χ1) is 7.28. The van der Waals surface area contributed by atoms with Crippen LogP contribution in [0.2, 0.25) is 0 Å². The molecular weight excluding hydrogens is 210 g/mol. The summed E-state index contributed by atoms with van der Waals surface area (Å²) in [5, 5.41) is 3.88. The van der Waals surface area contributed by atoms with Crippen LogP contribution in [0.4, 0.5) is 10.8 Å². The average molecular weight is 221 g/mol. The molecule has 1 heterocycles. The number of benzene rings is 1. The smallest absolute Gasteiger partial charge is 0.329 e. The highest BCUT2D eigenvalue weighted by atomic mass is 32.1. The number of hydrogen-bond acceptors (Lipinski definition) is 5. The Morgan fingerprint density at radius 3 is 2.60 bits per heavy atom. The number of rotatable bonds is 3. The van der Waals surface area contributed by atoms with Crippen molar-refractivity contribution in [1.82, 2.24) is 9.36 Å². The van der Waals surface area contributed by atoms with E-state index < -0.39 is 0 Å². The minimum atomic E-state index is 0.398. The van der Waals surface area contributed by atoms with Gasteiger partial charge < -0.3 is 10.1 Å². The number of methoxy groups -OCH3 is 1. The Morgan fingerprint density at radius 1 is 1.27 bits per heavy atom. The van der Waals surface area contributed by atoms with Crippen LogP contribution in [0.15, 0.2) is 24.3 Å². The van der Waals surface area contributed by atoms with Crippen molar-refractivity contribution in [2.45, 2.75) is 6.92 Å². The first-order valence-corrected chi connectivity index (χ1v) is 5.26. The van der Waals surface area contributed by atoms with Gasteiger partial charge in [-0.3, -0.25) is 0 Å². The minimum absolute atomic E-state index is 0.398. The number of aromatic nitrogens is 2. The van der Waals surface area contributed by atoms with E-state index in [1.54, 1.807) is 7.11 Å². The quantitative estimate of drug-likeness (QED) is 0.865. The maximum atomic E-state index is 4.90. The van der Waals surface area contributed by atoms with Gasteiger partial charge in [0.25, 0.3) is 0 Å². The second-order valence-corrected chi connectivity index (χ2v) is 3.83. The molecule has 0 aliphatic rings. The molecule has 0 saturated heterocycles. The lowest BCUT2D eigenvalue weighted by molar-refractivity contribution is 0.386. The van der Waals surface area contributed by atoms with Crippen LogP contribution in [0.25, 0.3) is 0 Å². The third-order valence-electron chi connectivity index (χ3n) is 1.89. The normalized spacial score (nSPS) is 10.0. The van der Waals surface area contributed by atoms with Gasteiger partial charge in [0, 0.05) is 17.2 Å². The van der Waals surface area contributed by atoms with Crippen molar-refractivity contribution in [2.24, 2.45) is 0 Å². The summed E-state index contributed by atoms with van der Waals surface area (Å²) in [6.07, 6.45) is 0. The lowest BCUT2D eigenvalue weighted by Crippen LogP contribution is -1.90. The lowest BCUT2D eigenvalue weighted by atomic mass is 10.2. The third kappa shape index (κ3) is 2.44. The lowest BCUT2D eigenvalue weighted by Gasteiger charge is -2.01. The fourth-order valence-electron chi connectivity index (χ4n) is 1.10. The molecule has 2 aromatic rings. The van der Waals surface area contributed by atoms with E-state index in [2.05, 4.69) is 21.6 Å². The summed E-state index contributed by atoms with van der Waals surface area (Å²) in [5.74, 6) is 0. The second kappa shape index (κ2) is 4.27. The monoisotopic (exact) mass is 221 g/mol. The van der Waals surface area contributed by atoms with Crippen molar-refractivity contribution in [3.8, 4) is 6.01 Å². The Bertz CT molecular complexity index is 438. The van der Waals surface area contributed by atoms with Crippen molar-refractivity contribution in [3.63, 3.8) is 0 Å². The zero-order chi connectivity index (χ0) is 10.7. The largest absolute Gasteiger partial charge is 0.466 e. The molecule has 15 heavy (non-hydrogen) atoms. The number of aryl methyl sites for hydroxylation is 1. The summed E-state index contributed by atoms with van der Waals surface area (Å²) < 4.78 is 8.89. The summed E-state index contributed by atoms with van der Waals surface area (Å²) in [6.45, 7) is 2.05. The summed E-state index contributed by atoms with van der Waals surface area (Å²) in [5.41, 5.74) is 2.23. The summed E-state index contributed by atoms with van der Waals surface area (Å²) in [7, 11) is 1.55. The maximum Gasteiger partial charge on any atom is 0.329 e. The van der Waals surface area contributed by atoms with E-state index in [0.717, 1.165) is 10.8 Å². The maximum absolute atomic E-state index is 4.90. The summed E-state index contributed by atoms with van der Waals surface area (Å²) in [4.78, 5) is 4.12. The molecule has 0 radical (unpaired) electrons. The van der Waals surface area contributed by atoms with Gasteiger partial charge in [-0.25, -0.2) is 0 Å². The molecule has 0 atom stereocenters. The molecule has 0 fully saturated rings. The minimum Gasteiger partial charge on any atom is -0.466 e. The van der Waals surface area contributed by atoms with Gasteiger partial charge in [0.2, 0.25) is 5.13 Å². The molecule has 1 aromatic heterocycles. The molecule has 2 rings (SSSR count). The molecule has 78 valence electrons. The second-order valence-electron chi connectivity index (χ2n) is 3.08. The van der Waals surface area contributed by atoms with Gasteiger partial charge >= 0.3 is 6.01 Å². The molecule has 5 heteroatoms. The standard InChI is InChI=1S/C10H11N3OS/c1-7-3-5-8(6-4-7)11-10-12-9(14-2)13-15-10/h3-6H,1-2H3,(H,11,12,13). The van der Waals surface area contributed by atoms with Gasteiger partial charge in [0.15, 0.2) is 0 Å². The fourth-order valence-corrected chi connectivity index (χ4v) is 1.67. The van der Waals surface area contributed by atoms with Gasteiger partial charge in [0.1, 0.15) is 0 Å². The number of nitrogens with zero attached hydrogens (tertiary/aromatic N) is 2. The molecule has 0 saturated carbocycles. The Hall–Kier alpha value is -1.62. The van der Waals surface area contributed by atoms with Crippen LogP contribution in [-0.2, 0) is 0 Å². The first kappa shape index (κ1) is 9.92. The Balaban J connectivity index is 2.11. The fraction of sp³-hybridized carbons (Fsp3) is 0.200. The van der Waals surface area contributed by atoms with Gasteiger partial charge in [-0.1, -0.05) is 17.7 Å². The molecule has 1 aromatic carbocycles. The van der Waals surface area contributed by atoms with Gasteiger partial charge in [-0.2, -0.15) is 4.98 Å². The predicted molar refractivity (Wildman–Crippen MR) is 60.9 cm³/mol. The molecular formula is C10H11N3OS. The van der Waals surface area contributed by atoms with Crippen LogP contribution in [0, 0.1) is 6.92 Å². The van der Waals surface area contributed by atoms with Crippen molar-refractivity contribution in [3.05, 3.63) is 29.8 Å². The molecule has 0 bridgehead atoms. The number of hydrogen-bond donors (Lipinski definition) is 1. The molecule has 0 unspecified atom stereocenters. The zero-order valence-electron chi connectivity index (χ0n) is 8.52. The van der Waals surface area contributed by atoms with Crippen LogP contribution in [0.3, 0.4) is 0 Å². The van der Waals surface area contributed by atoms with E-state index in [-0.39, 0.29) is 0 Å². The molecule has 0 aliphatic heterocycles. The highest BCUT2D eigenvalue weighted by Gasteiger charge is 2.02. The highest BCUT2D eigenvalue weighted by molar-refractivity contribution is 7.09. The van der Waals surface area contributed by atoms with E-state index in [0.29, 0.717) is 6.01 Å². The van der Waals surface area contributed by atoms with Gasteiger partial charge in [-0.15, -0.1) is 4.37 Å². The molecule has 4 nitrogen and oxygen atoms in total. The summed E-state index contributed by atoms with van der Waals surface area (Å²) in [6, 6.07) is 8.49. The molecule has 0 spiro atoms. The van der Waals surface area contributed by atoms with Crippen LogP contribution in [0.5, 0.6) is 6.01 Å². The average Bonchev–Trinajstić information content (AvgIpc) is 2.69. The zero-order valence-corrected chi connectivity index (χ0v) is 9.34. The van der Waals surface area contributed by atoms with Crippen LogP contribution in [-0.4, -0.2) is 16.5 Å². The Morgan fingerprint density at radius 2 is 2.00 bits per heavy atom. The highest BCUT2D eigenvalue weighted by Crippen LogP contribution is 2.20.